The summed E-state index contributed by atoms with van der Waals surface area (Å²) in [5.74, 6) is 0.0525. The zero-order valence-electron chi connectivity index (χ0n) is 15.8. The Hall–Kier alpha value is -2.25. The van der Waals surface area contributed by atoms with Gasteiger partial charge in [-0.25, -0.2) is 12.7 Å². The Morgan fingerprint density at radius 1 is 1.04 bits per heavy atom. The normalized spacial score (nSPS) is 24.5. The maximum absolute atomic E-state index is 13.1. The number of hydrogen-bond acceptors (Lipinski definition) is 4. The van der Waals surface area contributed by atoms with Gasteiger partial charge in [-0.2, -0.15) is 0 Å². The van der Waals surface area contributed by atoms with E-state index in [0.717, 1.165) is 18.4 Å². The predicted molar refractivity (Wildman–Crippen MR) is 107 cm³/mol. The van der Waals surface area contributed by atoms with Crippen LogP contribution < -0.4 is 0 Å². The van der Waals surface area contributed by atoms with E-state index in [1.54, 1.807) is 33.7 Å². The van der Waals surface area contributed by atoms with Gasteiger partial charge in [-0.05, 0) is 42.9 Å². The molecule has 148 valence electrons. The third-order valence-electron chi connectivity index (χ3n) is 5.87. The maximum Gasteiger partial charge on any atom is 0.253 e. The number of sulfonamides is 1. The smallest absolute Gasteiger partial charge is 0.253 e. The number of pyridine rings is 1. The van der Waals surface area contributed by atoms with Crippen molar-refractivity contribution in [3.63, 3.8) is 0 Å². The van der Waals surface area contributed by atoms with Crippen LogP contribution in [0.1, 0.15) is 28.8 Å². The van der Waals surface area contributed by atoms with Crippen LogP contribution in [-0.2, 0) is 16.4 Å². The summed E-state index contributed by atoms with van der Waals surface area (Å²) < 4.78 is 27.8. The average molecular weight is 400 g/mol. The van der Waals surface area contributed by atoms with Gasteiger partial charge in [0.15, 0.2) is 0 Å². The summed E-state index contributed by atoms with van der Waals surface area (Å²) in [4.78, 5) is 18.4. The van der Waals surface area contributed by atoms with Gasteiger partial charge in [0.05, 0.1) is 5.25 Å². The highest BCUT2D eigenvalue weighted by Crippen LogP contribution is 2.34. The summed E-state index contributed by atoms with van der Waals surface area (Å²) in [6, 6.07) is 13.4. The number of carbonyl (C=O) groups excluding carboxylic acids is 1. The number of fused-ring (bicyclic) bond motifs is 1. The molecule has 0 saturated carbocycles. The summed E-state index contributed by atoms with van der Waals surface area (Å²) in [7, 11) is -3.31. The summed E-state index contributed by atoms with van der Waals surface area (Å²) in [5.41, 5.74) is 1.76. The minimum Gasteiger partial charge on any atom is -0.339 e. The second kappa shape index (κ2) is 8.01. The minimum atomic E-state index is -3.31. The van der Waals surface area contributed by atoms with Crippen LogP contribution in [-0.4, -0.2) is 59.9 Å². The molecule has 2 saturated heterocycles. The van der Waals surface area contributed by atoms with Crippen molar-refractivity contribution in [2.45, 2.75) is 24.5 Å². The predicted octanol–water partition coefficient (Wildman–Crippen LogP) is 2.19. The van der Waals surface area contributed by atoms with Gasteiger partial charge in [-0.3, -0.25) is 9.78 Å². The number of likely N-dealkylation sites (tertiary alicyclic amines) is 1. The third-order valence-corrected chi connectivity index (χ3v) is 8.30. The van der Waals surface area contributed by atoms with E-state index in [2.05, 4.69) is 4.98 Å². The van der Waals surface area contributed by atoms with Crippen molar-refractivity contribution >= 4 is 15.9 Å². The van der Waals surface area contributed by atoms with Gasteiger partial charge in [-0.1, -0.05) is 30.3 Å². The summed E-state index contributed by atoms with van der Waals surface area (Å²) >= 11 is 0. The molecule has 1 amide bonds. The number of benzene rings is 1. The Balaban J connectivity index is 1.41. The molecule has 1 aromatic carbocycles. The van der Waals surface area contributed by atoms with Crippen LogP contribution in [0.3, 0.4) is 0 Å². The lowest BCUT2D eigenvalue weighted by molar-refractivity contribution is 0.0759. The maximum atomic E-state index is 13.1. The molecule has 2 aromatic rings. The lowest BCUT2D eigenvalue weighted by atomic mass is 10.0. The highest BCUT2D eigenvalue weighted by Gasteiger charge is 2.46. The van der Waals surface area contributed by atoms with Gasteiger partial charge >= 0.3 is 0 Å². The van der Waals surface area contributed by atoms with E-state index in [4.69, 9.17) is 0 Å². The molecule has 0 aliphatic carbocycles. The second-order valence-corrected chi connectivity index (χ2v) is 9.69. The fourth-order valence-corrected chi connectivity index (χ4v) is 6.53. The third kappa shape index (κ3) is 3.82. The van der Waals surface area contributed by atoms with E-state index in [0.29, 0.717) is 38.2 Å². The first-order valence-electron chi connectivity index (χ1n) is 9.78. The van der Waals surface area contributed by atoms with Crippen molar-refractivity contribution in [3.05, 3.63) is 66.0 Å². The standard InChI is InChI=1S/C21H25N3O3S/c25-21(18-6-11-22-12-7-18)23-13-9-19-16-24(28(26,27)20(19)10-14-23)15-8-17-4-2-1-3-5-17/h1-7,11-12,19-20H,8-10,13-16H2/t19-,20-/m1/s1. The van der Waals surface area contributed by atoms with Gasteiger partial charge in [-0.15, -0.1) is 0 Å². The molecule has 0 bridgehead atoms. The van der Waals surface area contributed by atoms with Crippen LogP contribution in [0, 0.1) is 5.92 Å². The quantitative estimate of drug-likeness (QED) is 0.790. The molecule has 1 aromatic heterocycles. The molecule has 6 nitrogen and oxygen atoms in total. The van der Waals surface area contributed by atoms with Crippen LogP contribution >= 0.6 is 0 Å². The van der Waals surface area contributed by atoms with Crippen LogP contribution in [0.4, 0.5) is 0 Å². The molecule has 28 heavy (non-hydrogen) atoms. The van der Waals surface area contributed by atoms with E-state index < -0.39 is 10.0 Å². The van der Waals surface area contributed by atoms with Crippen LogP contribution in [0.25, 0.3) is 0 Å². The van der Waals surface area contributed by atoms with E-state index in [1.807, 2.05) is 30.3 Å². The number of aromatic nitrogens is 1. The molecule has 2 aliphatic heterocycles. The first kappa shape index (κ1) is 19.1. The number of hydrogen-bond donors (Lipinski definition) is 0. The first-order chi connectivity index (χ1) is 13.6. The van der Waals surface area contributed by atoms with Gasteiger partial charge in [0.1, 0.15) is 0 Å². The molecular formula is C21H25N3O3S. The fraction of sp³-hybridized carbons (Fsp3) is 0.429. The molecule has 2 fully saturated rings. The first-order valence-corrected chi connectivity index (χ1v) is 11.3. The molecule has 4 rings (SSSR count). The molecule has 2 atom stereocenters. The van der Waals surface area contributed by atoms with Crippen molar-refractivity contribution in [3.8, 4) is 0 Å². The van der Waals surface area contributed by atoms with Crippen molar-refractivity contribution < 1.29 is 13.2 Å². The number of nitrogens with zero attached hydrogens (tertiary/aromatic N) is 3. The zero-order chi connectivity index (χ0) is 19.6. The van der Waals surface area contributed by atoms with E-state index in [9.17, 15) is 13.2 Å². The van der Waals surface area contributed by atoms with Crippen molar-refractivity contribution in [2.75, 3.05) is 26.2 Å². The summed E-state index contributed by atoms with van der Waals surface area (Å²) in [6.45, 7) is 2.18. The van der Waals surface area contributed by atoms with Crippen molar-refractivity contribution in [1.82, 2.24) is 14.2 Å². The van der Waals surface area contributed by atoms with Gasteiger partial charge in [0.25, 0.3) is 5.91 Å². The summed E-state index contributed by atoms with van der Waals surface area (Å²) in [5, 5.41) is -0.376. The Kier molecular flexibility index (Phi) is 5.46. The summed E-state index contributed by atoms with van der Waals surface area (Å²) in [6.07, 6.45) is 5.17. The Morgan fingerprint density at radius 2 is 1.75 bits per heavy atom. The molecule has 3 heterocycles. The lowest BCUT2D eigenvalue weighted by Gasteiger charge is -2.22. The molecule has 0 spiro atoms. The number of carbonyl (C=O) groups is 1. The Labute approximate surface area is 166 Å². The molecular weight excluding hydrogens is 374 g/mol. The fourth-order valence-electron chi connectivity index (χ4n) is 4.29. The second-order valence-electron chi connectivity index (χ2n) is 7.54. The van der Waals surface area contributed by atoms with Crippen LogP contribution in [0.5, 0.6) is 0 Å². The molecule has 0 radical (unpaired) electrons. The zero-order valence-corrected chi connectivity index (χ0v) is 16.6. The Morgan fingerprint density at radius 3 is 2.50 bits per heavy atom. The average Bonchev–Trinajstić information content (AvgIpc) is 2.86. The molecule has 7 heteroatoms. The molecule has 2 aliphatic rings. The Bertz CT molecular complexity index is 918. The number of amides is 1. The molecule has 0 unspecified atom stereocenters. The van der Waals surface area contributed by atoms with E-state index in [-0.39, 0.29) is 17.1 Å². The van der Waals surface area contributed by atoms with Crippen LogP contribution in [0.15, 0.2) is 54.9 Å². The number of rotatable bonds is 4. The van der Waals surface area contributed by atoms with Gasteiger partial charge in [0.2, 0.25) is 10.0 Å². The highest BCUT2D eigenvalue weighted by atomic mass is 32.2. The topological polar surface area (TPSA) is 70.6 Å². The largest absolute Gasteiger partial charge is 0.339 e. The lowest BCUT2D eigenvalue weighted by Crippen LogP contribution is -2.35. The van der Waals surface area contributed by atoms with Crippen LogP contribution in [0.2, 0.25) is 0 Å². The van der Waals surface area contributed by atoms with Crippen molar-refractivity contribution in [2.24, 2.45) is 5.92 Å². The highest BCUT2D eigenvalue weighted by molar-refractivity contribution is 7.90. The molecule has 0 N–H and O–H groups in total. The van der Waals surface area contributed by atoms with E-state index in [1.165, 1.54) is 0 Å². The SMILES string of the molecule is O=C(c1ccncc1)N1CC[C@@H]2CN(CCc3ccccc3)S(=O)(=O)[C@@H]2CC1. The minimum absolute atomic E-state index is 0.0410. The van der Waals surface area contributed by atoms with Gasteiger partial charge in [0, 0.05) is 44.1 Å². The van der Waals surface area contributed by atoms with E-state index >= 15 is 0 Å². The monoisotopic (exact) mass is 399 g/mol. The van der Waals surface area contributed by atoms with Crippen molar-refractivity contribution in [1.29, 1.82) is 0 Å². The van der Waals surface area contributed by atoms with Gasteiger partial charge < -0.3 is 4.90 Å².